The van der Waals surface area contributed by atoms with Crippen LogP contribution in [0.1, 0.15) is 23.6 Å². The second-order valence-corrected chi connectivity index (χ2v) is 6.12. The Kier molecular flexibility index (Phi) is 7.21. The van der Waals surface area contributed by atoms with Crippen molar-refractivity contribution in [2.45, 2.75) is 32.8 Å². The number of carbonyl (C=O) groups excluding carboxylic acids is 2. The van der Waals surface area contributed by atoms with Gasteiger partial charge in [-0.3, -0.25) is 9.59 Å². The molecule has 138 valence electrons. The van der Waals surface area contributed by atoms with E-state index in [0.717, 1.165) is 22.4 Å². The molecule has 0 saturated carbocycles. The minimum Gasteiger partial charge on any atom is -0.497 e. The molecule has 0 fully saturated rings. The highest BCUT2D eigenvalue weighted by molar-refractivity contribution is 5.83. The molecule has 0 heterocycles. The Balaban J connectivity index is 1.74. The summed E-state index contributed by atoms with van der Waals surface area (Å²) in [6.07, 6.45) is 0.0397. The van der Waals surface area contributed by atoms with Gasteiger partial charge in [-0.2, -0.15) is 0 Å². The Morgan fingerprint density at radius 1 is 1.08 bits per heavy atom. The van der Waals surface area contributed by atoms with Gasteiger partial charge in [0.05, 0.1) is 13.5 Å². The molecule has 0 bridgehead atoms. The standard InChI is InChI=1S/C21H25NO4/c1-15-6-4-5-7-18(15)14-20(23)26-16(2)21(24)22-13-12-17-8-10-19(25-3)11-9-17/h4-11,16H,12-14H2,1-3H3,(H,22,24). The number of hydrogen-bond acceptors (Lipinski definition) is 4. The summed E-state index contributed by atoms with van der Waals surface area (Å²) in [5.74, 6) is 0.0979. The van der Waals surface area contributed by atoms with Gasteiger partial charge in [0.25, 0.3) is 5.91 Å². The second-order valence-electron chi connectivity index (χ2n) is 6.12. The lowest BCUT2D eigenvalue weighted by Gasteiger charge is -2.14. The van der Waals surface area contributed by atoms with Crippen LogP contribution in [0, 0.1) is 6.92 Å². The minimum absolute atomic E-state index is 0.163. The lowest BCUT2D eigenvalue weighted by Crippen LogP contribution is -2.37. The molecule has 1 N–H and O–H groups in total. The zero-order valence-corrected chi connectivity index (χ0v) is 15.5. The quantitative estimate of drug-likeness (QED) is 0.740. The fraction of sp³-hybridized carbons (Fsp3) is 0.333. The van der Waals surface area contributed by atoms with E-state index >= 15 is 0 Å². The number of nitrogens with one attached hydrogen (secondary N) is 1. The number of esters is 1. The third-order valence-electron chi connectivity index (χ3n) is 4.15. The third-order valence-corrected chi connectivity index (χ3v) is 4.15. The molecule has 2 aromatic carbocycles. The molecule has 5 heteroatoms. The molecule has 1 unspecified atom stereocenters. The van der Waals surface area contributed by atoms with Gasteiger partial charge in [0.1, 0.15) is 5.75 Å². The smallest absolute Gasteiger partial charge is 0.311 e. The summed E-state index contributed by atoms with van der Waals surface area (Å²) >= 11 is 0. The van der Waals surface area contributed by atoms with Crippen LogP contribution in [0.2, 0.25) is 0 Å². The molecule has 0 radical (unpaired) electrons. The van der Waals surface area contributed by atoms with Crippen molar-refractivity contribution < 1.29 is 19.1 Å². The first-order valence-electron chi connectivity index (χ1n) is 8.64. The first-order chi connectivity index (χ1) is 12.5. The maximum absolute atomic E-state index is 12.1. The molecular formula is C21H25NO4. The van der Waals surface area contributed by atoms with Gasteiger partial charge in [-0.1, -0.05) is 36.4 Å². The Morgan fingerprint density at radius 3 is 2.42 bits per heavy atom. The summed E-state index contributed by atoms with van der Waals surface area (Å²) in [6, 6.07) is 15.3. The molecular weight excluding hydrogens is 330 g/mol. The van der Waals surface area contributed by atoms with Gasteiger partial charge in [-0.05, 0) is 49.1 Å². The van der Waals surface area contributed by atoms with Crippen molar-refractivity contribution in [3.8, 4) is 5.75 Å². The summed E-state index contributed by atoms with van der Waals surface area (Å²) in [5.41, 5.74) is 3.03. The van der Waals surface area contributed by atoms with E-state index in [1.807, 2.05) is 55.5 Å². The van der Waals surface area contributed by atoms with Gasteiger partial charge in [-0.15, -0.1) is 0 Å². The van der Waals surface area contributed by atoms with Gasteiger partial charge in [0, 0.05) is 6.54 Å². The molecule has 5 nitrogen and oxygen atoms in total. The van der Waals surface area contributed by atoms with Crippen molar-refractivity contribution >= 4 is 11.9 Å². The number of hydrogen-bond donors (Lipinski definition) is 1. The van der Waals surface area contributed by atoms with E-state index in [9.17, 15) is 9.59 Å². The molecule has 0 saturated heterocycles. The van der Waals surface area contributed by atoms with E-state index in [0.29, 0.717) is 13.0 Å². The van der Waals surface area contributed by atoms with Gasteiger partial charge in [0.2, 0.25) is 0 Å². The van der Waals surface area contributed by atoms with Gasteiger partial charge in [0.15, 0.2) is 6.10 Å². The molecule has 0 aliphatic carbocycles. The second kappa shape index (κ2) is 9.61. The minimum atomic E-state index is -0.817. The molecule has 2 aromatic rings. The highest BCUT2D eigenvalue weighted by atomic mass is 16.5. The number of aryl methyl sites for hydroxylation is 1. The summed E-state index contributed by atoms with van der Waals surface area (Å²) in [4.78, 5) is 24.1. The van der Waals surface area contributed by atoms with Gasteiger partial charge >= 0.3 is 5.97 Å². The number of benzene rings is 2. The maximum atomic E-state index is 12.1. The number of rotatable bonds is 8. The normalized spacial score (nSPS) is 11.5. The van der Waals surface area contributed by atoms with Crippen LogP contribution in [0.3, 0.4) is 0 Å². The van der Waals surface area contributed by atoms with Crippen LogP contribution in [0.25, 0.3) is 0 Å². The lowest BCUT2D eigenvalue weighted by atomic mass is 10.1. The van der Waals surface area contributed by atoms with Crippen molar-refractivity contribution in [2.24, 2.45) is 0 Å². The van der Waals surface area contributed by atoms with E-state index in [4.69, 9.17) is 9.47 Å². The van der Waals surface area contributed by atoms with Crippen LogP contribution in [-0.4, -0.2) is 31.6 Å². The fourth-order valence-corrected chi connectivity index (χ4v) is 2.52. The molecule has 0 aliphatic heterocycles. The van der Waals surface area contributed by atoms with Crippen LogP contribution in [-0.2, 0) is 27.2 Å². The summed E-state index contributed by atoms with van der Waals surface area (Å²) < 4.78 is 10.3. The molecule has 0 aromatic heterocycles. The molecule has 2 rings (SSSR count). The van der Waals surface area contributed by atoms with Crippen molar-refractivity contribution in [3.05, 3.63) is 65.2 Å². The third kappa shape index (κ3) is 5.92. The van der Waals surface area contributed by atoms with Crippen LogP contribution in [0.4, 0.5) is 0 Å². The van der Waals surface area contributed by atoms with Crippen LogP contribution < -0.4 is 10.1 Å². The Bertz CT molecular complexity index is 740. The monoisotopic (exact) mass is 355 g/mol. The van der Waals surface area contributed by atoms with Crippen molar-refractivity contribution in [3.63, 3.8) is 0 Å². The number of amides is 1. The van der Waals surface area contributed by atoms with E-state index < -0.39 is 12.1 Å². The zero-order chi connectivity index (χ0) is 18.9. The maximum Gasteiger partial charge on any atom is 0.311 e. The van der Waals surface area contributed by atoms with E-state index in [1.54, 1.807) is 14.0 Å². The van der Waals surface area contributed by atoms with Gasteiger partial charge < -0.3 is 14.8 Å². The Hall–Kier alpha value is -2.82. The van der Waals surface area contributed by atoms with E-state index in [2.05, 4.69) is 5.32 Å². The fourth-order valence-electron chi connectivity index (χ4n) is 2.52. The van der Waals surface area contributed by atoms with Crippen LogP contribution in [0.5, 0.6) is 5.75 Å². The van der Waals surface area contributed by atoms with Gasteiger partial charge in [-0.25, -0.2) is 0 Å². The predicted octanol–water partition coefficient (Wildman–Crippen LogP) is 2.84. The molecule has 26 heavy (non-hydrogen) atoms. The summed E-state index contributed by atoms with van der Waals surface area (Å²) in [6.45, 7) is 4.00. The first-order valence-corrected chi connectivity index (χ1v) is 8.64. The van der Waals surface area contributed by atoms with Crippen molar-refractivity contribution in [1.29, 1.82) is 0 Å². The largest absolute Gasteiger partial charge is 0.497 e. The SMILES string of the molecule is COc1ccc(CCNC(=O)C(C)OC(=O)Cc2ccccc2C)cc1. The van der Waals surface area contributed by atoms with Crippen molar-refractivity contribution in [1.82, 2.24) is 5.32 Å². The highest BCUT2D eigenvalue weighted by Gasteiger charge is 2.18. The Labute approximate surface area is 154 Å². The van der Waals surface area contributed by atoms with Crippen LogP contribution >= 0.6 is 0 Å². The molecule has 1 amide bonds. The number of ether oxygens (including phenoxy) is 2. The lowest BCUT2D eigenvalue weighted by molar-refractivity contribution is -0.154. The summed E-state index contributed by atoms with van der Waals surface area (Å²) in [7, 11) is 1.62. The van der Waals surface area contributed by atoms with E-state index in [1.165, 1.54) is 0 Å². The predicted molar refractivity (Wildman–Crippen MR) is 100 cm³/mol. The van der Waals surface area contributed by atoms with Crippen LogP contribution in [0.15, 0.2) is 48.5 Å². The topological polar surface area (TPSA) is 64.6 Å². The first kappa shape index (κ1) is 19.5. The molecule has 0 spiro atoms. The number of carbonyl (C=O) groups is 2. The summed E-state index contributed by atoms with van der Waals surface area (Å²) in [5, 5.41) is 2.79. The van der Waals surface area contributed by atoms with Crippen molar-refractivity contribution in [2.75, 3.05) is 13.7 Å². The molecule has 0 aliphatic rings. The molecule has 1 atom stereocenters. The highest BCUT2D eigenvalue weighted by Crippen LogP contribution is 2.11. The average molecular weight is 355 g/mol. The zero-order valence-electron chi connectivity index (χ0n) is 15.5. The average Bonchev–Trinajstić information content (AvgIpc) is 2.64. The Morgan fingerprint density at radius 2 is 1.77 bits per heavy atom. The number of methoxy groups -OCH3 is 1. The van der Waals surface area contributed by atoms with E-state index in [-0.39, 0.29) is 12.3 Å².